The molecular formula is C41H30N4S. The van der Waals surface area contributed by atoms with Crippen LogP contribution < -0.4 is 5.73 Å². The first-order valence-corrected chi connectivity index (χ1v) is 15.5. The molecule has 4 nitrogen and oxygen atoms in total. The van der Waals surface area contributed by atoms with Crippen LogP contribution in [0.15, 0.2) is 162 Å². The number of hydrogen-bond acceptors (Lipinski definition) is 4. The van der Waals surface area contributed by atoms with Gasteiger partial charge in [-0.05, 0) is 70.8 Å². The molecule has 46 heavy (non-hydrogen) atoms. The largest absolute Gasteiger partial charge is 0.321 e. The number of benzene rings is 6. The van der Waals surface area contributed by atoms with E-state index in [1.165, 1.54) is 10.8 Å². The summed E-state index contributed by atoms with van der Waals surface area (Å²) in [6.45, 7) is 0. The van der Waals surface area contributed by atoms with Gasteiger partial charge in [-0.25, -0.2) is 0 Å². The minimum atomic E-state index is -0.351. The van der Waals surface area contributed by atoms with E-state index in [1.54, 1.807) is 6.07 Å². The Bertz CT molecular complexity index is 2290. The number of rotatable bonds is 7. The van der Waals surface area contributed by atoms with Crippen molar-refractivity contribution in [3.8, 4) is 22.9 Å². The highest BCUT2D eigenvalue weighted by Gasteiger charge is 2.14. The van der Waals surface area contributed by atoms with E-state index in [0.29, 0.717) is 11.3 Å². The van der Waals surface area contributed by atoms with Crippen LogP contribution in [0.4, 0.5) is 0 Å². The number of nitrogens with zero attached hydrogens (tertiary/aromatic N) is 3. The fourth-order valence-corrected chi connectivity index (χ4v) is 6.18. The van der Waals surface area contributed by atoms with Gasteiger partial charge in [-0.3, -0.25) is 4.99 Å². The van der Waals surface area contributed by atoms with Crippen LogP contribution in [-0.4, -0.2) is 10.8 Å². The second kappa shape index (κ2) is 12.7. The highest BCUT2D eigenvalue weighted by molar-refractivity contribution is 7.80. The molecule has 0 aliphatic rings. The van der Waals surface area contributed by atoms with E-state index in [4.69, 9.17) is 23.4 Å². The highest BCUT2D eigenvalue weighted by atomic mass is 32.1. The maximum absolute atomic E-state index is 9.50. The molecule has 0 bridgehead atoms. The maximum atomic E-state index is 9.50. The van der Waals surface area contributed by atoms with E-state index in [-0.39, 0.29) is 6.04 Å². The van der Waals surface area contributed by atoms with Gasteiger partial charge in [0.2, 0.25) is 0 Å². The van der Waals surface area contributed by atoms with E-state index >= 15 is 0 Å². The summed E-state index contributed by atoms with van der Waals surface area (Å²) >= 11 is 4.72. The standard InChI is InChI=1S/C41H30N4S/c42-26-29-9-8-12-32(23-29)38(25-37(43)30-10-2-1-3-11-30)44-27-28-17-20-33(21-18-28)45-39-15-6-4-14-35(39)36-22-19-31(24-40(36)45)34-13-5-7-16-41(34)46/h1-25,27,37,46H,43H2/b38-25-,44-27+. The number of thiol groups is 1. The minimum absolute atomic E-state index is 0.351. The molecule has 0 saturated carbocycles. The highest BCUT2D eigenvalue weighted by Crippen LogP contribution is 2.36. The predicted octanol–water partition coefficient (Wildman–Crippen LogP) is 9.77. The fraction of sp³-hybridized carbons (Fsp3) is 0.0244. The van der Waals surface area contributed by atoms with Gasteiger partial charge in [0.15, 0.2) is 0 Å². The van der Waals surface area contributed by atoms with E-state index in [0.717, 1.165) is 49.4 Å². The van der Waals surface area contributed by atoms with E-state index in [2.05, 4.69) is 83.4 Å². The van der Waals surface area contributed by atoms with Crippen LogP contribution >= 0.6 is 12.6 Å². The van der Waals surface area contributed by atoms with E-state index < -0.39 is 0 Å². The van der Waals surface area contributed by atoms with Crippen molar-refractivity contribution in [3.63, 3.8) is 0 Å². The van der Waals surface area contributed by atoms with E-state index in [9.17, 15) is 5.26 Å². The fourth-order valence-electron chi connectivity index (χ4n) is 5.89. The molecule has 0 fully saturated rings. The molecule has 0 saturated heterocycles. The van der Waals surface area contributed by atoms with Gasteiger partial charge in [-0.2, -0.15) is 5.26 Å². The topological polar surface area (TPSA) is 67.1 Å². The van der Waals surface area contributed by atoms with Crippen molar-refractivity contribution in [2.24, 2.45) is 10.7 Å². The van der Waals surface area contributed by atoms with Gasteiger partial charge in [0.05, 0.1) is 34.4 Å². The molecule has 1 unspecified atom stereocenters. The zero-order valence-electron chi connectivity index (χ0n) is 25.0. The van der Waals surface area contributed by atoms with Gasteiger partial charge in [0.25, 0.3) is 0 Å². The van der Waals surface area contributed by atoms with Gasteiger partial charge in [-0.1, -0.05) is 103 Å². The number of aromatic nitrogens is 1. The summed E-state index contributed by atoms with van der Waals surface area (Å²) < 4.78 is 2.31. The summed E-state index contributed by atoms with van der Waals surface area (Å²) in [5.41, 5.74) is 16.2. The van der Waals surface area contributed by atoms with Crippen molar-refractivity contribution in [1.82, 2.24) is 4.57 Å². The first-order valence-electron chi connectivity index (χ1n) is 15.1. The quantitative estimate of drug-likeness (QED) is 0.139. The van der Waals surface area contributed by atoms with Crippen molar-refractivity contribution in [2.75, 3.05) is 0 Å². The summed E-state index contributed by atoms with van der Waals surface area (Å²) in [5.74, 6) is 0. The molecular weight excluding hydrogens is 581 g/mol. The Kier molecular flexibility index (Phi) is 8.05. The molecule has 2 N–H and O–H groups in total. The van der Waals surface area contributed by atoms with Crippen LogP contribution in [0.1, 0.15) is 28.3 Å². The second-order valence-corrected chi connectivity index (χ2v) is 11.6. The summed E-state index contributed by atoms with van der Waals surface area (Å²) in [6, 6.07) is 51.0. The molecule has 1 aromatic heterocycles. The third-order valence-corrected chi connectivity index (χ3v) is 8.59. The lowest BCUT2D eigenvalue weighted by Gasteiger charge is -2.11. The average molecular weight is 611 g/mol. The molecule has 0 amide bonds. The van der Waals surface area contributed by atoms with Gasteiger partial charge >= 0.3 is 0 Å². The Hall–Kier alpha value is -5.67. The lowest BCUT2D eigenvalue weighted by Crippen LogP contribution is -2.07. The van der Waals surface area contributed by atoms with Crippen LogP contribution in [0.3, 0.4) is 0 Å². The molecule has 0 aliphatic carbocycles. The molecule has 1 atom stereocenters. The predicted molar refractivity (Wildman–Crippen MR) is 194 cm³/mol. The molecule has 0 radical (unpaired) electrons. The van der Waals surface area contributed by atoms with Crippen molar-refractivity contribution in [2.45, 2.75) is 10.9 Å². The van der Waals surface area contributed by atoms with Crippen LogP contribution in [0, 0.1) is 11.3 Å². The Labute approximate surface area is 273 Å². The third-order valence-electron chi connectivity index (χ3n) is 8.20. The van der Waals surface area contributed by atoms with Gasteiger partial charge in [0.1, 0.15) is 0 Å². The van der Waals surface area contributed by atoms with Crippen LogP contribution in [0.25, 0.3) is 44.3 Å². The Morgan fingerprint density at radius 1 is 0.739 bits per heavy atom. The van der Waals surface area contributed by atoms with Crippen molar-refractivity contribution in [3.05, 3.63) is 174 Å². The van der Waals surface area contributed by atoms with Gasteiger partial charge in [0, 0.05) is 33.1 Å². The zero-order chi connectivity index (χ0) is 31.5. The second-order valence-electron chi connectivity index (χ2n) is 11.1. The minimum Gasteiger partial charge on any atom is -0.321 e. The molecule has 6 aromatic carbocycles. The average Bonchev–Trinajstić information content (AvgIpc) is 3.44. The Morgan fingerprint density at radius 2 is 1.48 bits per heavy atom. The van der Waals surface area contributed by atoms with Gasteiger partial charge < -0.3 is 10.3 Å². The molecule has 220 valence electrons. The summed E-state index contributed by atoms with van der Waals surface area (Å²) in [7, 11) is 0. The van der Waals surface area contributed by atoms with E-state index in [1.807, 2.05) is 79.0 Å². The first-order chi connectivity index (χ1) is 22.6. The molecule has 0 spiro atoms. The number of fused-ring (bicyclic) bond motifs is 3. The molecule has 7 aromatic rings. The number of nitriles is 1. The van der Waals surface area contributed by atoms with Crippen molar-refractivity contribution < 1.29 is 0 Å². The Morgan fingerprint density at radius 3 is 2.28 bits per heavy atom. The monoisotopic (exact) mass is 610 g/mol. The van der Waals surface area contributed by atoms with Crippen LogP contribution in [0.5, 0.6) is 0 Å². The third kappa shape index (κ3) is 5.76. The maximum Gasteiger partial charge on any atom is 0.0991 e. The van der Waals surface area contributed by atoms with Crippen molar-refractivity contribution >= 4 is 46.3 Å². The lowest BCUT2D eigenvalue weighted by molar-refractivity contribution is 0.911. The van der Waals surface area contributed by atoms with Crippen LogP contribution in [-0.2, 0) is 0 Å². The molecule has 1 heterocycles. The summed E-state index contributed by atoms with van der Waals surface area (Å²) in [6.07, 6.45) is 3.79. The molecule has 7 rings (SSSR count). The Balaban J connectivity index is 1.27. The molecule has 5 heteroatoms. The SMILES string of the molecule is N#Cc1cccc(C(=C/C(N)c2ccccc2)/N=C/c2ccc(-n3c4ccccc4c4ccc(-c5ccccc5S)cc43)cc2)c1. The number of aliphatic imine (C=N–C) groups is 1. The first kappa shape index (κ1) is 29.1. The number of hydrogen-bond donors (Lipinski definition) is 2. The summed E-state index contributed by atoms with van der Waals surface area (Å²) in [5, 5.41) is 11.9. The van der Waals surface area contributed by atoms with Gasteiger partial charge in [-0.15, -0.1) is 12.6 Å². The summed E-state index contributed by atoms with van der Waals surface area (Å²) in [4.78, 5) is 5.83. The number of para-hydroxylation sites is 1. The lowest BCUT2D eigenvalue weighted by atomic mass is 10.0. The zero-order valence-corrected chi connectivity index (χ0v) is 25.8. The molecule has 0 aliphatic heterocycles. The van der Waals surface area contributed by atoms with Crippen LogP contribution in [0.2, 0.25) is 0 Å². The number of nitrogens with two attached hydrogens (primary N) is 1. The normalized spacial score (nSPS) is 12.5. The smallest absolute Gasteiger partial charge is 0.0991 e. The van der Waals surface area contributed by atoms with Crippen molar-refractivity contribution in [1.29, 1.82) is 5.26 Å².